The third-order valence-corrected chi connectivity index (χ3v) is 8.53. The first-order valence-corrected chi connectivity index (χ1v) is 12.5. The van der Waals surface area contributed by atoms with E-state index in [-0.39, 0.29) is 6.10 Å². The molecule has 0 aromatic heterocycles. The first-order chi connectivity index (χ1) is 15.1. The molecule has 1 N–H and O–H groups in total. The summed E-state index contributed by atoms with van der Waals surface area (Å²) in [6.07, 6.45) is 9.68. The van der Waals surface area contributed by atoms with Gasteiger partial charge in [-0.2, -0.15) is 0 Å². The van der Waals surface area contributed by atoms with E-state index in [4.69, 9.17) is 9.47 Å². The van der Waals surface area contributed by atoms with Gasteiger partial charge in [0.1, 0.15) is 5.75 Å². The molecule has 1 atom stereocenters. The number of hydrogen-bond donors (Lipinski definition) is 1. The number of benzene rings is 1. The number of piperazine rings is 1. The predicted octanol–water partition coefficient (Wildman–Crippen LogP) is 3.80. The van der Waals surface area contributed by atoms with E-state index in [9.17, 15) is 5.11 Å². The molecule has 1 aromatic carbocycles. The van der Waals surface area contributed by atoms with Crippen LogP contribution >= 0.6 is 0 Å². The average molecular weight is 429 g/mol. The number of rotatable bonds is 9. The van der Waals surface area contributed by atoms with Gasteiger partial charge in [0.2, 0.25) is 0 Å². The van der Waals surface area contributed by atoms with Crippen LogP contribution in [0.5, 0.6) is 5.75 Å². The number of ether oxygens (including phenoxy) is 2. The normalized spacial score (nSPS) is 33.6. The maximum absolute atomic E-state index is 10.5. The third-order valence-electron chi connectivity index (χ3n) is 8.53. The SMILES string of the molecule is COc1ccc(N2CCN(CC(O)COCCC34CC5CC(CC(C5)C3)C4)CC2)cc1. The second-order valence-corrected chi connectivity index (χ2v) is 10.9. The van der Waals surface area contributed by atoms with Crippen LogP contribution in [-0.4, -0.2) is 69.2 Å². The fourth-order valence-electron chi connectivity index (χ4n) is 7.44. The maximum atomic E-state index is 10.5. The maximum Gasteiger partial charge on any atom is 0.119 e. The van der Waals surface area contributed by atoms with E-state index in [1.54, 1.807) is 7.11 Å². The second kappa shape index (κ2) is 9.29. The molecule has 1 aliphatic heterocycles. The summed E-state index contributed by atoms with van der Waals surface area (Å²) in [6.45, 7) is 5.97. The molecule has 1 saturated heterocycles. The van der Waals surface area contributed by atoms with Gasteiger partial charge in [-0.1, -0.05) is 0 Å². The number of aliphatic hydroxyl groups excluding tert-OH is 1. The zero-order valence-electron chi connectivity index (χ0n) is 19.2. The van der Waals surface area contributed by atoms with Crippen molar-refractivity contribution in [1.82, 2.24) is 4.90 Å². The first kappa shape index (κ1) is 21.5. The highest BCUT2D eigenvalue weighted by atomic mass is 16.5. The number of nitrogens with zero attached hydrogens (tertiary/aromatic N) is 2. The Kier molecular flexibility index (Phi) is 6.45. The van der Waals surface area contributed by atoms with Crippen molar-refractivity contribution >= 4 is 5.69 Å². The molecule has 5 nitrogen and oxygen atoms in total. The lowest BCUT2D eigenvalue weighted by molar-refractivity contribution is -0.0741. The number of anilines is 1. The highest BCUT2D eigenvalue weighted by Gasteiger charge is 2.50. The molecule has 1 unspecified atom stereocenters. The van der Waals surface area contributed by atoms with Crippen LogP contribution in [0.4, 0.5) is 5.69 Å². The van der Waals surface area contributed by atoms with Crippen molar-refractivity contribution < 1.29 is 14.6 Å². The Bertz CT molecular complexity index is 679. The van der Waals surface area contributed by atoms with E-state index < -0.39 is 0 Å². The number of β-amino-alcohol motifs (C(OH)–C–C–N with tert-alkyl or cyclic N) is 1. The molecule has 4 bridgehead atoms. The van der Waals surface area contributed by atoms with E-state index in [0.717, 1.165) is 56.3 Å². The number of hydrogen-bond acceptors (Lipinski definition) is 5. The quantitative estimate of drug-likeness (QED) is 0.606. The van der Waals surface area contributed by atoms with Gasteiger partial charge < -0.3 is 19.5 Å². The van der Waals surface area contributed by atoms with Crippen LogP contribution in [0.15, 0.2) is 24.3 Å². The molecule has 5 heteroatoms. The van der Waals surface area contributed by atoms with Crippen molar-refractivity contribution in [2.45, 2.75) is 51.0 Å². The topological polar surface area (TPSA) is 45.2 Å². The number of aliphatic hydroxyl groups is 1. The van der Waals surface area contributed by atoms with Crippen molar-refractivity contribution in [2.75, 3.05) is 57.9 Å². The van der Waals surface area contributed by atoms with Gasteiger partial charge in [0.15, 0.2) is 0 Å². The van der Waals surface area contributed by atoms with Gasteiger partial charge >= 0.3 is 0 Å². The van der Waals surface area contributed by atoms with Crippen LogP contribution in [0.25, 0.3) is 0 Å². The summed E-state index contributed by atoms with van der Waals surface area (Å²) in [6, 6.07) is 8.29. The fraction of sp³-hybridized carbons (Fsp3) is 0.769. The lowest BCUT2D eigenvalue weighted by Gasteiger charge is -2.57. The van der Waals surface area contributed by atoms with Crippen LogP contribution in [0, 0.1) is 23.2 Å². The van der Waals surface area contributed by atoms with Crippen molar-refractivity contribution in [3.05, 3.63) is 24.3 Å². The molecule has 0 spiro atoms. The summed E-state index contributed by atoms with van der Waals surface area (Å²) < 4.78 is 11.2. The van der Waals surface area contributed by atoms with E-state index in [1.165, 1.54) is 50.6 Å². The van der Waals surface area contributed by atoms with E-state index in [2.05, 4.69) is 21.9 Å². The Morgan fingerprint density at radius 3 is 2.16 bits per heavy atom. The van der Waals surface area contributed by atoms with E-state index in [1.807, 2.05) is 12.1 Å². The molecule has 4 saturated carbocycles. The van der Waals surface area contributed by atoms with Crippen molar-refractivity contribution in [3.63, 3.8) is 0 Å². The molecule has 0 amide bonds. The summed E-state index contributed by atoms with van der Waals surface area (Å²) in [5, 5.41) is 10.5. The zero-order chi connectivity index (χ0) is 21.3. The van der Waals surface area contributed by atoms with Gasteiger partial charge in [-0.25, -0.2) is 0 Å². The molecule has 5 fully saturated rings. The Hall–Kier alpha value is -1.30. The zero-order valence-corrected chi connectivity index (χ0v) is 19.2. The molecule has 172 valence electrons. The molecule has 0 radical (unpaired) electrons. The van der Waals surface area contributed by atoms with Crippen LogP contribution in [-0.2, 0) is 4.74 Å². The summed E-state index contributed by atoms with van der Waals surface area (Å²) in [7, 11) is 1.70. The number of methoxy groups -OCH3 is 1. The Balaban J connectivity index is 0.992. The van der Waals surface area contributed by atoms with Crippen LogP contribution in [0.1, 0.15) is 44.9 Å². The Labute approximate surface area is 187 Å². The van der Waals surface area contributed by atoms with Crippen molar-refractivity contribution in [3.8, 4) is 5.75 Å². The van der Waals surface area contributed by atoms with Crippen LogP contribution in [0.3, 0.4) is 0 Å². The van der Waals surface area contributed by atoms with Crippen molar-refractivity contribution in [1.29, 1.82) is 0 Å². The minimum atomic E-state index is -0.385. The second-order valence-electron chi connectivity index (χ2n) is 10.9. The largest absolute Gasteiger partial charge is 0.497 e. The monoisotopic (exact) mass is 428 g/mol. The van der Waals surface area contributed by atoms with Gasteiger partial charge in [0.05, 0.1) is 19.8 Å². The van der Waals surface area contributed by atoms with Crippen LogP contribution < -0.4 is 9.64 Å². The van der Waals surface area contributed by atoms with Gasteiger partial charge in [-0.15, -0.1) is 0 Å². The molecule has 1 heterocycles. The molecule has 5 aliphatic rings. The Morgan fingerprint density at radius 2 is 1.58 bits per heavy atom. The molecule has 4 aliphatic carbocycles. The fourth-order valence-corrected chi connectivity index (χ4v) is 7.44. The predicted molar refractivity (Wildman–Crippen MR) is 124 cm³/mol. The van der Waals surface area contributed by atoms with E-state index in [0.29, 0.717) is 18.6 Å². The molecule has 1 aromatic rings. The molecular formula is C26H40N2O3. The summed E-state index contributed by atoms with van der Waals surface area (Å²) in [5.41, 5.74) is 1.83. The smallest absolute Gasteiger partial charge is 0.119 e. The molecule has 6 rings (SSSR count). The summed E-state index contributed by atoms with van der Waals surface area (Å²) in [4.78, 5) is 4.78. The lowest BCUT2D eigenvalue weighted by atomic mass is 9.49. The van der Waals surface area contributed by atoms with Gasteiger partial charge in [-0.3, -0.25) is 4.90 Å². The van der Waals surface area contributed by atoms with Crippen molar-refractivity contribution in [2.24, 2.45) is 23.2 Å². The summed E-state index contributed by atoms with van der Waals surface area (Å²) >= 11 is 0. The third kappa shape index (κ3) is 5.04. The molecule has 31 heavy (non-hydrogen) atoms. The first-order valence-electron chi connectivity index (χ1n) is 12.5. The summed E-state index contributed by atoms with van der Waals surface area (Å²) in [5.74, 6) is 3.92. The minimum absolute atomic E-state index is 0.385. The van der Waals surface area contributed by atoms with Crippen LogP contribution in [0.2, 0.25) is 0 Å². The Morgan fingerprint density at radius 1 is 0.968 bits per heavy atom. The van der Waals surface area contributed by atoms with Gasteiger partial charge in [0.25, 0.3) is 0 Å². The van der Waals surface area contributed by atoms with E-state index >= 15 is 0 Å². The minimum Gasteiger partial charge on any atom is -0.497 e. The van der Waals surface area contributed by atoms with Gasteiger partial charge in [-0.05, 0) is 92.4 Å². The highest BCUT2D eigenvalue weighted by molar-refractivity contribution is 5.49. The highest BCUT2D eigenvalue weighted by Crippen LogP contribution is 2.61. The van der Waals surface area contributed by atoms with Gasteiger partial charge in [0, 0.05) is 45.0 Å². The molecular weight excluding hydrogens is 388 g/mol. The lowest BCUT2D eigenvalue weighted by Crippen LogP contribution is -2.49. The standard InChI is InChI=1S/C26H40N2O3/c1-30-25-4-2-23(3-5-25)28-9-7-27(8-10-28)18-24(29)19-31-11-6-26-15-20-12-21(16-26)14-22(13-20)17-26/h2-5,20-22,24,29H,6-19H2,1H3. The average Bonchev–Trinajstić information content (AvgIpc) is 2.76.